The van der Waals surface area contributed by atoms with Crippen molar-refractivity contribution in [2.45, 2.75) is 19.9 Å². The van der Waals surface area contributed by atoms with E-state index in [9.17, 15) is 0 Å². The predicted octanol–water partition coefficient (Wildman–Crippen LogP) is 3.31. The summed E-state index contributed by atoms with van der Waals surface area (Å²) in [7, 11) is 0. The van der Waals surface area contributed by atoms with Crippen molar-refractivity contribution >= 4 is 33.2 Å². The molecular formula is C10H12BrNOS. The summed E-state index contributed by atoms with van der Waals surface area (Å²) in [5.41, 5.74) is 0. The maximum atomic E-state index is 5.58. The molecule has 0 amide bonds. The Morgan fingerprint density at radius 3 is 2.93 bits per heavy atom. The van der Waals surface area contributed by atoms with Crippen molar-refractivity contribution < 1.29 is 4.74 Å². The second kappa shape index (κ2) is 4.03. The smallest absolute Gasteiger partial charge is 0.228 e. The summed E-state index contributed by atoms with van der Waals surface area (Å²) >= 11 is 5.14. The molecule has 0 aliphatic carbocycles. The van der Waals surface area contributed by atoms with Gasteiger partial charge in [0.05, 0.1) is 6.04 Å². The zero-order chi connectivity index (χ0) is 10.1. The number of thiophene rings is 1. The Morgan fingerprint density at radius 1 is 1.64 bits per heavy atom. The molecule has 0 bridgehead atoms. The maximum absolute atomic E-state index is 5.58. The molecule has 0 unspecified atom stereocenters. The van der Waals surface area contributed by atoms with Gasteiger partial charge in [-0.15, -0.1) is 11.3 Å². The first-order chi connectivity index (χ1) is 6.68. The minimum atomic E-state index is 0.319. The summed E-state index contributed by atoms with van der Waals surface area (Å²) in [6.07, 6.45) is 0. The van der Waals surface area contributed by atoms with E-state index in [-0.39, 0.29) is 0 Å². The highest BCUT2D eigenvalue weighted by Gasteiger charge is 2.24. The van der Waals surface area contributed by atoms with Crippen LogP contribution in [-0.4, -0.2) is 18.5 Å². The molecule has 2 heterocycles. The zero-order valence-corrected chi connectivity index (χ0v) is 10.6. The quantitative estimate of drug-likeness (QED) is 0.810. The van der Waals surface area contributed by atoms with E-state index in [1.165, 1.54) is 0 Å². The van der Waals surface area contributed by atoms with Crippen LogP contribution in [0.1, 0.15) is 18.7 Å². The van der Waals surface area contributed by atoms with Gasteiger partial charge in [-0.2, -0.15) is 0 Å². The minimum absolute atomic E-state index is 0.319. The SMILES string of the molecule is CC(C)[C@H]1COC(c2sccc2Br)=N1. The normalized spacial score (nSPS) is 21.1. The molecule has 4 heteroatoms. The van der Waals surface area contributed by atoms with Gasteiger partial charge < -0.3 is 4.74 Å². The lowest BCUT2D eigenvalue weighted by Gasteiger charge is -2.06. The highest BCUT2D eigenvalue weighted by molar-refractivity contribution is 9.10. The molecule has 2 nitrogen and oxygen atoms in total. The first kappa shape index (κ1) is 10.2. The van der Waals surface area contributed by atoms with Crippen molar-refractivity contribution in [1.29, 1.82) is 0 Å². The van der Waals surface area contributed by atoms with Crippen molar-refractivity contribution in [3.63, 3.8) is 0 Å². The van der Waals surface area contributed by atoms with Crippen LogP contribution in [0.15, 0.2) is 20.9 Å². The number of rotatable bonds is 2. The molecule has 1 aliphatic heterocycles. The third kappa shape index (κ3) is 1.86. The summed E-state index contributed by atoms with van der Waals surface area (Å²) in [5, 5.41) is 2.04. The van der Waals surface area contributed by atoms with E-state index >= 15 is 0 Å². The Bertz CT molecular complexity index is 359. The molecule has 1 aliphatic rings. The fourth-order valence-electron chi connectivity index (χ4n) is 1.30. The second-order valence-corrected chi connectivity index (χ2v) is 5.42. The van der Waals surface area contributed by atoms with Gasteiger partial charge >= 0.3 is 0 Å². The van der Waals surface area contributed by atoms with Gasteiger partial charge in [0.15, 0.2) is 0 Å². The lowest BCUT2D eigenvalue weighted by atomic mass is 10.1. The van der Waals surface area contributed by atoms with Gasteiger partial charge in [-0.25, -0.2) is 4.99 Å². The molecule has 0 radical (unpaired) electrons. The summed E-state index contributed by atoms with van der Waals surface area (Å²) in [6.45, 7) is 5.06. The number of ether oxygens (including phenoxy) is 1. The third-order valence-corrected chi connectivity index (χ3v) is 4.08. The van der Waals surface area contributed by atoms with Crippen LogP contribution >= 0.6 is 27.3 Å². The van der Waals surface area contributed by atoms with E-state index in [0.29, 0.717) is 12.0 Å². The molecule has 14 heavy (non-hydrogen) atoms. The van der Waals surface area contributed by atoms with Crippen molar-refractivity contribution in [2.24, 2.45) is 10.9 Å². The Balaban J connectivity index is 2.22. The van der Waals surface area contributed by atoms with Crippen molar-refractivity contribution in [1.82, 2.24) is 0 Å². The Hall–Kier alpha value is -0.350. The molecule has 0 saturated carbocycles. The minimum Gasteiger partial charge on any atom is -0.475 e. The van der Waals surface area contributed by atoms with Crippen LogP contribution in [0, 0.1) is 5.92 Å². The van der Waals surface area contributed by atoms with E-state index in [0.717, 1.165) is 21.9 Å². The van der Waals surface area contributed by atoms with Gasteiger partial charge in [0.2, 0.25) is 5.90 Å². The molecule has 1 aromatic rings. The average Bonchev–Trinajstić information content (AvgIpc) is 2.71. The van der Waals surface area contributed by atoms with Crippen LogP contribution in [0.2, 0.25) is 0 Å². The van der Waals surface area contributed by atoms with Gasteiger partial charge in [-0.05, 0) is 33.3 Å². The Labute approximate surface area is 96.1 Å². The van der Waals surface area contributed by atoms with Crippen LogP contribution in [0.4, 0.5) is 0 Å². The highest BCUT2D eigenvalue weighted by Crippen LogP contribution is 2.27. The molecule has 0 spiro atoms. The van der Waals surface area contributed by atoms with Gasteiger partial charge in [-0.1, -0.05) is 13.8 Å². The van der Waals surface area contributed by atoms with Gasteiger partial charge in [0.1, 0.15) is 11.5 Å². The van der Waals surface area contributed by atoms with Crippen LogP contribution in [0.3, 0.4) is 0 Å². The summed E-state index contributed by atoms with van der Waals surface area (Å²) in [6, 6.07) is 2.34. The molecule has 0 fully saturated rings. The first-order valence-electron chi connectivity index (χ1n) is 4.62. The fraction of sp³-hybridized carbons (Fsp3) is 0.500. The van der Waals surface area contributed by atoms with E-state index < -0.39 is 0 Å². The lowest BCUT2D eigenvalue weighted by Crippen LogP contribution is -2.13. The molecule has 0 N–H and O–H groups in total. The van der Waals surface area contributed by atoms with Gasteiger partial charge in [0.25, 0.3) is 0 Å². The Morgan fingerprint density at radius 2 is 2.43 bits per heavy atom. The van der Waals surface area contributed by atoms with Crippen LogP contribution in [0.5, 0.6) is 0 Å². The monoisotopic (exact) mass is 273 g/mol. The standard InChI is InChI=1S/C10H12BrNOS/c1-6(2)8-5-13-10(12-8)9-7(11)3-4-14-9/h3-4,6,8H,5H2,1-2H3/t8-/m1/s1. The number of aliphatic imine (C=N–C) groups is 1. The topological polar surface area (TPSA) is 21.6 Å². The van der Waals surface area contributed by atoms with Crippen LogP contribution in [0.25, 0.3) is 0 Å². The molecule has 0 aromatic carbocycles. The van der Waals surface area contributed by atoms with Crippen LogP contribution < -0.4 is 0 Å². The molecule has 2 rings (SSSR count). The average molecular weight is 274 g/mol. The van der Waals surface area contributed by atoms with Crippen molar-refractivity contribution in [3.8, 4) is 0 Å². The largest absolute Gasteiger partial charge is 0.475 e. The number of hydrogen-bond acceptors (Lipinski definition) is 3. The molecule has 1 atom stereocenters. The summed E-state index contributed by atoms with van der Waals surface area (Å²) in [5.74, 6) is 1.34. The second-order valence-electron chi connectivity index (χ2n) is 3.65. The van der Waals surface area contributed by atoms with Crippen molar-refractivity contribution in [3.05, 3.63) is 20.8 Å². The van der Waals surface area contributed by atoms with E-state index in [4.69, 9.17) is 4.74 Å². The highest BCUT2D eigenvalue weighted by atomic mass is 79.9. The molecule has 0 saturated heterocycles. The molecular weight excluding hydrogens is 262 g/mol. The summed E-state index contributed by atoms with van der Waals surface area (Å²) < 4.78 is 6.66. The number of halogens is 1. The van der Waals surface area contributed by atoms with Gasteiger partial charge in [-0.3, -0.25) is 0 Å². The van der Waals surface area contributed by atoms with E-state index in [2.05, 4.69) is 34.8 Å². The van der Waals surface area contributed by atoms with Crippen LogP contribution in [-0.2, 0) is 4.74 Å². The zero-order valence-electron chi connectivity index (χ0n) is 8.16. The van der Waals surface area contributed by atoms with E-state index in [1.807, 2.05) is 11.4 Å². The predicted molar refractivity (Wildman–Crippen MR) is 63.1 cm³/mol. The number of nitrogens with zero attached hydrogens (tertiary/aromatic N) is 1. The summed E-state index contributed by atoms with van der Waals surface area (Å²) in [4.78, 5) is 5.67. The molecule has 76 valence electrons. The first-order valence-corrected chi connectivity index (χ1v) is 6.29. The maximum Gasteiger partial charge on any atom is 0.228 e. The molecule has 1 aromatic heterocycles. The van der Waals surface area contributed by atoms with Crippen molar-refractivity contribution in [2.75, 3.05) is 6.61 Å². The third-order valence-electron chi connectivity index (χ3n) is 2.25. The van der Waals surface area contributed by atoms with E-state index in [1.54, 1.807) is 11.3 Å². The number of hydrogen-bond donors (Lipinski definition) is 0. The van der Waals surface area contributed by atoms with Gasteiger partial charge in [0, 0.05) is 4.47 Å². The Kier molecular flexibility index (Phi) is 2.93. The fourth-order valence-corrected chi connectivity index (χ4v) is 2.79. The lowest BCUT2D eigenvalue weighted by molar-refractivity contribution is 0.292.